The number of anilines is 2. The number of carbonyl (C=O) groups is 1. The Morgan fingerprint density at radius 2 is 1.87 bits per heavy atom. The highest BCUT2D eigenvalue weighted by molar-refractivity contribution is 7.99. The summed E-state index contributed by atoms with van der Waals surface area (Å²) in [6.45, 7) is 4.93. The van der Waals surface area contributed by atoms with E-state index in [1.807, 2.05) is 48.5 Å². The van der Waals surface area contributed by atoms with Gasteiger partial charge in [-0.25, -0.2) is 9.97 Å². The average Bonchev–Trinajstić information content (AvgIpc) is 3.06. The van der Waals surface area contributed by atoms with Gasteiger partial charge in [0.25, 0.3) is 5.91 Å². The molecular weight excluding hydrogens is 394 g/mol. The van der Waals surface area contributed by atoms with Crippen molar-refractivity contribution in [1.29, 1.82) is 0 Å². The van der Waals surface area contributed by atoms with Crippen LogP contribution in [0.5, 0.6) is 0 Å². The van der Waals surface area contributed by atoms with Crippen LogP contribution in [0.25, 0.3) is 11.2 Å². The first kappa shape index (κ1) is 20.0. The smallest absolute Gasteiger partial charge is 0.255 e. The Morgan fingerprint density at radius 3 is 2.60 bits per heavy atom. The summed E-state index contributed by atoms with van der Waals surface area (Å²) in [5.74, 6) is -0.190. The van der Waals surface area contributed by atoms with E-state index in [-0.39, 0.29) is 5.91 Å². The third-order valence-electron chi connectivity index (χ3n) is 4.58. The number of fused-ring (bicyclic) bond motifs is 1. The molecule has 0 spiro atoms. The Bertz CT molecular complexity index is 1180. The Morgan fingerprint density at radius 1 is 1.10 bits per heavy atom. The van der Waals surface area contributed by atoms with Crippen molar-refractivity contribution in [3.8, 4) is 0 Å². The number of thioether (sulfide) groups is 1. The third-order valence-corrected chi connectivity index (χ3v) is 5.57. The second kappa shape index (κ2) is 8.59. The molecule has 2 aromatic heterocycles. The molecule has 0 bridgehead atoms. The zero-order chi connectivity index (χ0) is 21.1. The lowest BCUT2D eigenvalue weighted by Crippen LogP contribution is -2.13. The average molecular weight is 418 g/mol. The Kier molecular flexibility index (Phi) is 5.72. The molecule has 0 unspecified atom stereocenters. The highest BCUT2D eigenvalue weighted by atomic mass is 32.2. The quantitative estimate of drug-likeness (QED) is 0.347. The van der Waals surface area contributed by atoms with Gasteiger partial charge in [-0.15, -0.1) is 0 Å². The summed E-state index contributed by atoms with van der Waals surface area (Å²) in [5, 5.41) is 4.21. The molecule has 0 aliphatic carbocycles. The number of hydrogen-bond donors (Lipinski definition) is 2. The maximum atomic E-state index is 12.5. The number of nitrogens with one attached hydrogen (secondary N) is 1. The second-order valence-corrected chi connectivity index (χ2v) is 8.78. The number of rotatable bonds is 6. The fraction of sp³-hybridized carbons (Fsp3) is 0.174. The molecule has 2 heterocycles. The standard InChI is InChI=1S/C23H23N5OS/c1-15(2)30-23-27-20-8-5-13-25-21(20)28(23)14-16-9-11-17(12-10-16)22(29)26-19-7-4-3-6-18(19)24/h3-13,15H,14,24H2,1-2H3,(H,26,29). The second-order valence-electron chi connectivity index (χ2n) is 7.23. The summed E-state index contributed by atoms with van der Waals surface area (Å²) in [6, 6.07) is 18.7. The Balaban J connectivity index is 1.55. The van der Waals surface area contributed by atoms with Gasteiger partial charge in [0.05, 0.1) is 17.9 Å². The van der Waals surface area contributed by atoms with Crippen LogP contribution in [-0.2, 0) is 6.54 Å². The molecular formula is C23H23N5OS. The van der Waals surface area contributed by atoms with E-state index in [9.17, 15) is 4.79 Å². The van der Waals surface area contributed by atoms with E-state index in [0.29, 0.717) is 28.7 Å². The summed E-state index contributed by atoms with van der Waals surface area (Å²) in [7, 11) is 0. The maximum absolute atomic E-state index is 12.5. The van der Waals surface area contributed by atoms with Crippen LogP contribution in [0.15, 0.2) is 72.0 Å². The zero-order valence-corrected chi connectivity index (χ0v) is 17.7. The van der Waals surface area contributed by atoms with Crippen molar-refractivity contribution in [3.05, 3.63) is 78.0 Å². The molecule has 4 aromatic rings. The van der Waals surface area contributed by atoms with Gasteiger partial charge < -0.3 is 11.1 Å². The van der Waals surface area contributed by atoms with Crippen molar-refractivity contribution in [1.82, 2.24) is 14.5 Å². The van der Waals surface area contributed by atoms with Crippen molar-refractivity contribution >= 4 is 40.2 Å². The first-order chi connectivity index (χ1) is 14.5. The maximum Gasteiger partial charge on any atom is 0.255 e. The normalized spacial score (nSPS) is 11.2. The fourth-order valence-electron chi connectivity index (χ4n) is 3.13. The number of amides is 1. The highest BCUT2D eigenvalue weighted by Gasteiger charge is 2.14. The van der Waals surface area contributed by atoms with Gasteiger partial charge >= 0.3 is 0 Å². The van der Waals surface area contributed by atoms with Crippen molar-refractivity contribution in [2.45, 2.75) is 30.8 Å². The highest BCUT2D eigenvalue weighted by Crippen LogP contribution is 2.27. The summed E-state index contributed by atoms with van der Waals surface area (Å²) in [5.41, 5.74) is 10.5. The number of hydrogen-bond acceptors (Lipinski definition) is 5. The summed E-state index contributed by atoms with van der Waals surface area (Å²) >= 11 is 1.72. The largest absolute Gasteiger partial charge is 0.397 e. The summed E-state index contributed by atoms with van der Waals surface area (Å²) in [6.07, 6.45) is 1.78. The molecule has 1 amide bonds. The van der Waals surface area contributed by atoms with E-state index in [4.69, 9.17) is 10.7 Å². The number of aromatic nitrogens is 3. The lowest BCUT2D eigenvalue weighted by Gasteiger charge is -2.11. The molecule has 6 nitrogen and oxygen atoms in total. The van der Waals surface area contributed by atoms with Crippen molar-refractivity contribution in [2.75, 3.05) is 11.1 Å². The van der Waals surface area contributed by atoms with Crippen LogP contribution in [-0.4, -0.2) is 25.7 Å². The number of para-hydroxylation sites is 2. The van der Waals surface area contributed by atoms with Crippen molar-refractivity contribution in [2.24, 2.45) is 0 Å². The Hall–Kier alpha value is -3.32. The number of nitrogen functional groups attached to an aromatic ring is 1. The van der Waals surface area contributed by atoms with Gasteiger partial charge in [-0.05, 0) is 42.0 Å². The molecule has 0 atom stereocenters. The number of nitrogens with two attached hydrogens (primary N) is 1. The van der Waals surface area contributed by atoms with Gasteiger partial charge in [0.2, 0.25) is 0 Å². The predicted octanol–water partition coefficient (Wildman–Crippen LogP) is 4.81. The molecule has 4 rings (SSSR count). The SMILES string of the molecule is CC(C)Sc1nc2cccnc2n1Cc1ccc(C(=O)Nc2ccccc2N)cc1. The van der Waals surface area contributed by atoms with Gasteiger partial charge in [-0.1, -0.05) is 49.9 Å². The molecule has 0 radical (unpaired) electrons. The zero-order valence-electron chi connectivity index (χ0n) is 16.9. The summed E-state index contributed by atoms with van der Waals surface area (Å²) < 4.78 is 2.12. The van der Waals surface area contributed by atoms with Crippen LogP contribution in [0, 0.1) is 0 Å². The van der Waals surface area contributed by atoms with E-state index in [0.717, 1.165) is 21.9 Å². The molecule has 0 fully saturated rings. The summed E-state index contributed by atoms with van der Waals surface area (Å²) in [4.78, 5) is 21.8. The third kappa shape index (κ3) is 4.31. The molecule has 7 heteroatoms. The molecule has 30 heavy (non-hydrogen) atoms. The van der Waals surface area contributed by atoms with Crippen molar-refractivity contribution in [3.63, 3.8) is 0 Å². The van der Waals surface area contributed by atoms with Crippen LogP contribution in [0.3, 0.4) is 0 Å². The van der Waals surface area contributed by atoms with E-state index in [1.165, 1.54) is 0 Å². The van der Waals surface area contributed by atoms with Crippen LogP contribution in [0.2, 0.25) is 0 Å². The van der Waals surface area contributed by atoms with Crippen LogP contribution in [0.4, 0.5) is 11.4 Å². The number of benzene rings is 2. The minimum atomic E-state index is -0.190. The van der Waals surface area contributed by atoms with Crippen LogP contribution >= 0.6 is 11.8 Å². The van der Waals surface area contributed by atoms with E-state index in [1.54, 1.807) is 30.1 Å². The molecule has 0 aliphatic heterocycles. The van der Waals surface area contributed by atoms with Gasteiger partial charge in [0.1, 0.15) is 5.52 Å². The number of carbonyl (C=O) groups excluding carboxylic acids is 1. The predicted molar refractivity (Wildman–Crippen MR) is 123 cm³/mol. The van der Waals surface area contributed by atoms with E-state index >= 15 is 0 Å². The van der Waals surface area contributed by atoms with Gasteiger partial charge in [-0.2, -0.15) is 0 Å². The number of nitrogens with zero attached hydrogens (tertiary/aromatic N) is 3. The molecule has 0 aliphatic rings. The molecule has 0 saturated carbocycles. The van der Waals surface area contributed by atoms with Crippen LogP contribution in [0.1, 0.15) is 29.8 Å². The van der Waals surface area contributed by atoms with E-state index < -0.39 is 0 Å². The van der Waals surface area contributed by atoms with Gasteiger partial charge in [0.15, 0.2) is 10.8 Å². The van der Waals surface area contributed by atoms with Gasteiger partial charge in [-0.3, -0.25) is 9.36 Å². The first-order valence-corrected chi connectivity index (χ1v) is 10.6. The molecule has 2 aromatic carbocycles. The van der Waals surface area contributed by atoms with E-state index in [2.05, 4.69) is 28.7 Å². The fourth-order valence-corrected chi connectivity index (χ4v) is 3.98. The lowest BCUT2D eigenvalue weighted by atomic mass is 10.1. The lowest BCUT2D eigenvalue weighted by molar-refractivity contribution is 0.102. The minimum absolute atomic E-state index is 0.190. The number of imidazole rings is 1. The number of pyridine rings is 1. The minimum Gasteiger partial charge on any atom is -0.397 e. The van der Waals surface area contributed by atoms with Crippen LogP contribution < -0.4 is 11.1 Å². The molecule has 3 N–H and O–H groups in total. The molecule has 152 valence electrons. The Labute approximate surface area is 179 Å². The first-order valence-electron chi connectivity index (χ1n) is 9.74. The molecule has 0 saturated heterocycles. The van der Waals surface area contributed by atoms with Crippen molar-refractivity contribution < 1.29 is 4.79 Å². The van der Waals surface area contributed by atoms with Gasteiger partial charge in [0, 0.05) is 17.0 Å². The monoisotopic (exact) mass is 417 g/mol. The topological polar surface area (TPSA) is 85.8 Å².